The molecule has 5 nitrogen and oxygen atoms in total. The zero-order chi connectivity index (χ0) is 23.9. The van der Waals surface area contributed by atoms with Crippen LogP contribution in [0.1, 0.15) is 18.4 Å². The summed E-state index contributed by atoms with van der Waals surface area (Å²) in [5.74, 6) is -0.861. The molecule has 0 spiro atoms. The van der Waals surface area contributed by atoms with Crippen LogP contribution in [0.3, 0.4) is 0 Å². The van der Waals surface area contributed by atoms with Crippen LogP contribution in [0.5, 0.6) is 0 Å². The predicted molar refractivity (Wildman–Crippen MR) is 136 cm³/mol. The molecular weight excluding hydrogens is 473 g/mol. The quantitative estimate of drug-likeness (QED) is 0.432. The van der Waals surface area contributed by atoms with E-state index >= 15 is 0 Å². The molecule has 1 aliphatic rings. The lowest BCUT2D eigenvalue weighted by Crippen LogP contribution is -2.45. The number of nitrogens with one attached hydrogen (secondary N) is 1. The first-order valence-electron chi connectivity index (χ1n) is 10.9. The number of benzene rings is 3. The van der Waals surface area contributed by atoms with E-state index in [1.807, 2.05) is 18.2 Å². The third-order valence-electron chi connectivity index (χ3n) is 5.29. The van der Waals surface area contributed by atoms with Crippen LogP contribution in [0.15, 0.2) is 83.9 Å². The van der Waals surface area contributed by atoms with Crippen molar-refractivity contribution >= 4 is 51.7 Å². The normalized spacial score (nSPS) is 17.1. The number of carbonyl (C=O) groups excluding carboxylic acids is 2. The standard InChI is InChI=1S/C26H23ClFN3O2S/c27-19-8-12-22(13-9-19)30-26-31(16-4-7-18-5-2-1-3-6-18)24(32)17-23(34-26)25(33)29-21-14-10-20(28)11-15-21/h1-3,5-6,8-15,23H,4,7,16-17H2,(H,29,33). The topological polar surface area (TPSA) is 61.8 Å². The Hall–Kier alpha value is -3.16. The molecule has 1 unspecified atom stereocenters. The Morgan fingerprint density at radius 2 is 1.76 bits per heavy atom. The Kier molecular flexibility index (Phi) is 7.98. The summed E-state index contributed by atoms with van der Waals surface area (Å²) in [4.78, 5) is 32.3. The second kappa shape index (κ2) is 11.3. The van der Waals surface area contributed by atoms with E-state index in [9.17, 15) is 14.0 Å². The highest BCUT2D eigenvalue weighted by atomic mass is 35.5. The SMILES string of the molecule is O=C(Nc1ccc(F)cc1)C1CC(=O)N(CCCc2ccccc2)C(=Nc2ccc(Cl)cc2)S1. The number of amides is 2. The van der Waals surface area contributed by atoms with E-state index in [1.165, 1.54) is 41.6 Å². The van der Waals surface area contributed by atoms with Gasteiger partial charge in [-0.05, 0) is 66.9 Å². The summed E-state index contributed by atoms with van der Waals surface area (Å²) in [5.41, 5.74) is 2.32. The molecule has 1 N–H and O–H groups in total. The molecule has 4 rings (SSSR count). The summed E-state index contributed by atoms with van der Waals surface area (Å²) in [6, 6.07) is 22.6. The van der Waals surface area contributed by atoms with Gasteiger partial charge < -0.3 is 5.32 Å². The van der Waals surface area contributed by atoms with Crippen molar-refractivity contribution in [1.29, 1.82) is 0 Å². The number of rotatable bonds is 7. The summed E-state index contributed by atoms with van der Waals surface area (Å²) < 4.78 is 13.2. The molecule has 0 aromatic heterocycles. The van der Waals surface area contributed by atoms with Crippen molar-refractivity contribution in [3.8, 4) is 0 Å². The Balaban J connectivity index is 1.50. The van der Waals surface area contributed by atoms with E-state index in [0.29, 0.717) is 28.1 Å². The first kappa shape index (κ1) is 24.0. The molecule has 8 heteroatoms. The fourth-order valence-corrected chi connectivity index (χ4v) is 4.78. The third-order valence-corrected chi connectivity index (χ3v) is 6.72. The van der Waals surface area contributed by atoms with Crippen LogP contribution in [0.25, 0.3) is 0 Å². The van der Waals surface area contributed by atoms with E-state index in [1.54, 1.807) is 29.2 Å². The van der Waals surface area contributed by atoms with Crippen LogP contribution in [-0.2, 0) is 16.0 Å². The van der Waals surface area contributed by atoms with Gasteiger partial charge in [0.05, 0.1) is 5.69 Å². The smallest absolute Gasteiger partial charge is 0.238 e. The lowest BCUT2D eigenvalue weighted by Gasteiger charge is -2.32. The zero-order valence-corrected chi connectivity index (χ0v) is 19.9. The van der Waals surface area contributed by atoms with E-state index in [0.717, 1.165) is 12.8 Å². The summed E-state index contributed by atoms with van der Waals surface area (Å²) in [6.07, 6.45) is 1.66. The van der Waals surface area contributed by atoms with Gasteiger partial charge in [-0.1, -0.05) is 53.7 Å². The lowest BCUT2D eigenvalue weighted by atomic mass is 10.1. The number of amidine groups is 1. The van der Waals surface area contributed by atoms with Crippen LogP contribution in [0.2, 0.25) is 5.02 Å². The number of carbonyl (C=O) groups is 2. The molecule has 1 atom stereocenters. The molecule has 1 heterocycles. The zero-order valence-electron chi connectivity index (χ0n) is 18.3. The van der Waals surface area contributed by atoms with E-state index in [2.05, 4.69) is 22.4 Å². The number of anilines is 1. The average Bonchev–Trinajstić information content (AvgIpc) is 2.84. The van der Waals surface area contributed by atoms with Gasteiger partial charge in [-0.15, -0.1) is 0 Å². The molecule has 1 fully saturated rings. The average molecular weight is 496 g/mol. The highest BCUT2D eigenvalue weighted by Gasteiger charge is 2.35. The number of aliphatic imine (C=N–C) groups is 1. The Bertz CT molecular complexity index is 1170. The van der Waals surface area contributed by atoms with Crippen molar-refractivity contribution in [2.45, 2.75) is 24.5 Å². The molecule has 1 saturated heterocycles. The van der Waals surface area contributed by atoms with Gasteiger partial charge in [-0.3, -0.25) is 14.5 Å². The Morgan fingerprint density at radius 1 is 1.06 bits per heavy atom. The third kappa shape index (κ3) is 6.46. The summed E-state index contributed by atoms with van der Waals surface area (Å²) in [6.45, 7) is 0.499. The maximum Gasteiger partial charge on any atom is 0.238 e. The van der Waals surface area contributed by atoms with Crippen molar-refractivity contribution in [3.63, 3.8) is 0 Å². The molecule has 2 amide bonds. The molecule has 174 valence electrons. The van der Waals surface area contributed by atoms with Crippen molar-refractivity contribution in [2.75, 3.05) is 11.9 Å². The van der Waals surface area contributed by atoms with Crippen molar-refractivity contribution in [3.05, 3.63) is 95.3 Å². The Morgan fingerprint density at radius 3 is 2.47 bits per heavy atom. The van der Waals surface area contributed by atoms with Gasteiger partial charge in [-0.25, -0.2) is 9.38 Å². The molecular formula is C26H23ClFN3O2S. The summed E-state index contributed by atoms with van der Waals surface area (Å²) in [5, 5.41) is 3.18. The number of hydrogen-bond donors (Lipinski definition) is 1. The minimum absolute atomic E-state index is 0.0582. The second-order valence-corrected chi connectivity index (χ2v) is 9.42. The van der Waals surface area contributed by atoms with E-state index < -0.39 is 5.25 Å². The van der Waals surface area contributed by atoms with Crippen molar-refractivity contribution < 1.29 is 14.0 Å². The van der Waals surface area contributed by atoms with Crippen LogP contribution < -0.4 is 5.32 Å². The maximum atomic E-state index is 13.2. The molecule has 0 bridgehead atoms. The number of halogens is 2. The molecule has 1 aliphatic heterocycles. The fourth-order valence-electron chi connectivity index (χ4n) is 3.53. The molecule has 0 aliphatic carbocycles. The molecule has 3 aromatic rings. The minimum atomic E-state index is -0.644. The summed E-state index contributed by atoms with van der Waals surface area (Å²) >= 11 is 7.25. The second-order valence-electron chi connectivity index (χ2n) is 7.81. The predicted octanol–water partition coefficient (Wildman–Crippen LogP) is 6.07. The van der Waals surface area contributed by atoms with Crippen LogP contribution >= 0.6 is 23.4 Å². The fraction of sp³-hybridized carbons (Fsp3) is 0.192. The van der Waals surface area contributed by atoms with Crippen molar-refractivity contribution in [2.24, 2.45) is 4.99 Å². The molecule has 0 saturated carbocycles. The highest BCUT2D eigenvalue weighted by molar-refractivity contribution is 8.15. The van der Waals surface area contributed by atoms with Gasteiger partial charge in [0, 0.05) is 23.7 Å². The van der Waals surface area contributed by atoms with E-state index in [4.69, 9.17) is 11.6 Å². The van der Waals surface area contributed by atoms with E-state index in [-0.39, 0.29) is 24.1 Å². The van der Waals surface area contributed by atoms with Crippen molar-refractivity contribution in [1.82, 2.24) is 4.90 Å². The number of hydrogen-bond acceptors (Lipinski definition) is 4. The summed E-state index contributed by atoms with van der Waals surface area (Å²) in [7, 11) is 0. The molecule has 3 aromatic carbocycles. The largest absolute Gasteiger partial charge is 0.325 e. The van der Waals surface area contributed by atoms with Gasteiger partial charge in [0.15, 0.2) is 5.17 Å². The van der Waals surface area contributed by atoms with Gasteiger partial charge in [0.2, 0.25) is 11.8 Å². The first-order chi connectivity index (χ1) is 16.5. The minimum Gasteiger partial charge on any atom is -0.325 e. The molecule has 0 radical (unpaired) electrons. The lowest BCUT2D eigenvalue weighted by molar-refractivity contribution is -0.129. The van der Waals surface area contributed by atoms with Crippen LogP contribution in [-0.4, -0.2) is 33.7 Å². The van der Waals surface area contributed by atoms with Gasteiger partial charge in [0.1, 0.15) is 11.1 Å². The van der Waals surface area contributed by atoms with Gasteiger partial charge in [0.25, 0.3) is 0 Å². The molecule has 34 heavy (non-hydrogen) atoms. The monoisotopic (exact) mass is 495 g/mol. The maximum absolute atomic E-state index is 13.2. The van der Waals surface area contributed by atoms with Crippen LogP contribution in [0.4, 0.5) is 15.8 Å². The number of nitrogens with zero attached hydrogens (tertiary/aromatic N) is 2. The first-order valence-corrected chi connectivity index (χ1v) is 12.2. The van der Waals surface area contributed by atoms with Gasteiger partial charge >= 0.3 is 0 Å². The number of aryl methyl sites for hydroxylation is 1. The number of thioether (sulfide) groups is 1. The van der Waals surface area contributed by atoms with Gasteiger partial charge in [-0.2, -0.15) is 0 Å². The highest BCUT2D eigenvalue weighted by Crippen LogP contribution is 2.30. The Labute approximate surface area is 207 Å². The van der Waals surface area contributed by atoms with Crippen LogP contribution in [0, 0.1) is 5.82 Å².